The predicted molar refractivity (Wildman–Crippen MR) is 32.9 cm³/mol. The van der Waals surface area contributed by atoms with Crippen LogP contribution in [-0.4, -0.2) is 26.3 Å². The fraction of sp³-hybridized carbons (Fsp3) is 0.667. The van der Waals surface area contributed by atoms with Crippen LogP contribution in [0.1, 0.15) is 6.92 Å². The number of hydrogen-bond acceptors (Lipinski definition) is 2. The van der Waals surface area contributed by atoms with Crippen LogP contribution in [0.5, 0.6) is 0 Å². The molecule has 3 radical (unpaired) electrons. The van der Waals surface area contributed by atoms with Gasteiger partial charge in [-0.15, -0.1) is 0 Å². The lowest BCUT2D eigenvalue weighted by Crippen LogP contribution is -1.97. The third-order valence-corrected chi connectivity index (χ3v) is 0.268. The van der Waals surface area contributed by atoms with Crippen LogP contribution in [0.15, 0.2) is 0 Å². The molecule has 3 nitrogen and oxygen atoms in total. The molecular weight excluding hydrogens is 152 g/mol. The normalized spacial score (nSPS) is 4.50. The van der Waals surface area contributed by atoms with Crippen molar-refractivity contribution in [3.63, 3.8) is 0 Å². The minimum Gasteiger partial charge on any atom is -0.450 e. The summed E-state index contributed by atoms with van der Waals surface area (Å²) in [6.07, 6.45) is -1.21. The van der Waals surface area contributed by atoms with Crippen LogP contribution in [0.2, 0.25) is 0 Å². The van der Waals surface area contributed by atoms with Gasteiger partial charge in [0, 0.05) is 8.41 Å². The summed E-state index contributed by atoms with van der Waals surface area (Å²) in [6.45, 7) is 1.85. The summed E-state index contributed by atoms with van der Waals surface area (Å²) in [5.74, 6) is 0. The van der Waals surface area contributed by atoms with Gasteiger partial charge in [0.1, 0.15) is 0 Å². The summed E-state index contributed by atoms with van der Waals surface area (Å²) >= 11 is 0. The van der Waals surface area contributed by atoms with E-state index in [1.165, 1.54) is 0 Å². The largest absolute Gasteiger partial charge is 0.505 e. The lowest BCUT2D eigenvalue weighted by atomic mass is 10.8. The van der Waals surface area contributed by atoms with E-state index < -0.39 is 6.16 Å². The highest BCUT2D eigenvalue weighted by atomic mass is 19.0. The Morgan fingerprint density at radius 1 is 1.40 bits per heavy atom. The van der Waals surface area contributed by atoms with E-state index in [0.29, 0.717) is 0 Å². The molecule has 0 saturated carbocycles. The molecule has 0 aromatic carbocycles. The molecule has 0 rings (SSSR count). The van der Waals surface area contributed by atoms with Crippen LogP contribution in [0.4, 0.5) is 18.9 Å². The number of ether oxygens (including phenoxy) is 1. The zero-order valence-corrected chi connectivity index (χ0v) is 5.27. The van der Waals surface area contributed by atoms with Gasteiger partial charge in [0.25, 0.3) is 0 Å². The molecular formula is C3H9BF3O3. The molecule has 0 aliphatic heterocycles. The summed E-state index contributed by atoms with van der Waals surface area (Å²) in [6, 6.07) is 0. The van der Waals surface area contributed by atoms with E-state index in [1.807, 2.05) is 0 Å². The second-order valence-corrected chi connectivity index (χ2v) is 0.699. The second-order valence-electron chi connectivity index (χ2n) is 0.699. The zero-order valence-electron chi connectivity index (χ0n) is 5.27. The Balaban J connectivity index is -0.0000000208. The van der Waals surface area contributed by atoms with Gasteiger partial charge in [0.05, 0.1) is 6.61 Å². The molecule has 0 atom stereocenters. The van der Waals surface area contributed by atoms with E-state index in [9.17, 15) is 4.79 Å². The first-order valence-corrected chi connectivity index (χ1v) is 1.63. The SMILES string of the molecule is CCOC(=O)O.F.F.F.[B]. The van der Waals surface area contributed by atoms with Crippen LogP contribution in [0.3, 0.4) is 0 Å². The van der Waals surface area contributed by atoms with Gasteiger partial charge in [0.2, 0.25) is 0 Å². The summed E-state index contributed by atoms with van der Waals surface area (Å²) < 4.78 is 3.96. The van der Waals surface area contributed by atoms with Crippen LogP contribution in [0, 0.1) is 0 Å². The highest BCUT2D eigenvalue weighted by Gasteiger charge is 1.86. The molecule has 0 aliphatic rings. The Labute approximate surface area is 58.0 Å². The monoisotopic (exact) mass is 161 g/mol. The average molecular weight is 161 g/mol. The number of carboxylic acid groups (broad SMARTS) is 1. The molecule has 0 unspecified atom stereocenters. The van der Waals surface area contributed by atoms with E-state index in [2.05, 4.69) is 4.74 Å². The molecule has 0 fully saturated rings. The van der Waals surface area contributed by atoms with Gasteiger partial charge in [0.15, 0.2) is 0 Å². The van der Waals surface area contributed by atoms with Gasteiger partial charge in [-0.1, -0.05) is 0 Å². The first-order chi connectivity index (χ1) is 2.77. The molecule has 0 aromatic heterocycles. The maximum absolute atomic E-state index is 9.38. The van der Waals surface area contributed by atoms with Crippen molar-refractivity contribution < 1.29 is 28.8 Å². The second kappa shape index (κ2) is 24.2. The fourth-order valence-corrected chi connectivity index (χ4v) is 0.123. The Morgan fingerprint density at radius 3 is 1.70 bits per heavy atom. The Bertz CT molecular complexity index is 63.0. The zero-order chi connectivity index (χ0) is 4.99. The molecule has 0 heterocycles. The Kier molecular flexibility index (Phi) is 85.8. The summed E-state index contributed by atoms with van der Waals surface area (Å²) in [4.78, 5) is 9.38. The van der Waals surface area contributed by atoms with Gasteiger partial charge >= 0.3 is 6.16 Å². The van der Waals surface area contributed by atoms with Gasteiger partial charge in [-0.3, -0.25) is 14.1 Å². The van der Waals surface area contributed by atoms with Crippen molar-refractivity contribution >= 4 is 14.6 Å². The van der Waals surface area contributed by atoms with E-state index in [-0.39, 0.29) is 29.1 Å². The number of hydrogen-bond donors (Lipinski definition) is 1. The van der Waals surface area contributed by atoms with E-state index in [0.717, 1.165) is 0 Å². The molecule has 0 spiro atoms. The Morgan fingerprint density at radius 2 is 1.70 bits per heavy atom. The molecule has 0 aliphatic carbocycles. The lowest BCUT2D eigenvalue weighted by molar-refractivity contribution is 0.0966. The number of halogens is 3. The van der Waals surface area contributed by atoms with E-state index >= 15 is 0 Å². The topological polar surface area (TPSA) is 46.5 Å². The minimum absolute atomic E-state index is 0. The maximum atomic E-state index is 9.38. The quantitative estimate of drug-likeness (QED) is 0.456. The van der Waals surface area contributed by atoms with Crippen molar-refractivity contribution in [3.05, 3.63) is 0 Å². The first kappa shape index (κ1) is 35.4. The minimum atomic E-state index is -1.21. The predicted octanol–water partition coefficient (Wildman–Crippen LogP) is 0.778. The molecule has 0 saturated heterocycles. The highest BCUT2D eigenvalue weighted by Crippen LogP contribution is 1.69. The summed E-state index contributed by atoms with van der Waals surface area (Å²) in [5.41, 5.74) is 0. The van der Waals surface area contributed by atoms with Gasteiger partial charge in [-0.25, -0.2) is 4.79 Å². The standard InChI is InChI=1S/C3H6O3.B.3FH/c1-2-6-3(4)5;;;;/h2H2,1H3,(H,4,5);;3*1H. The third-order valence-electron chi connectivity index (χ3n) is 0.268. The lowest BCUT2D eigenvalue weighted by Gasteiger charge is -1.87. The van der Waals surface area contributed by atoms with Crippen molar-refractivity contribution in [3.8, 4) is 0 Å². The number of carbonyl (C=O) groups is 1. The molecule has 63 valence electrons. The van der Waals surface area contributed by atoms with Crippen molar-refractivity contribution in [2.45, 2.75) is 6.92 Å². The smallest absolute Gasteiger partial charge is 0.450 e. The van der Waals surface area contributed by atoms with Crippen LogP contribution in [-0.2, 0) is 4.74 Å². The molecule has 0 bridgehead atoms. The Hall–Kier alpha value is -0.875. The van der Waals surface area contributed by atoms with Gasteiger partial charge in [-0.05, 0) is 6.92 Å². The summed E-state index contributed by atoms with van der Waals surface area (Å²) in [7, 11) is 0. The first-order valence-electron chi connectivity index (χ1n) is 1.63. The average Bonchev–Trinajstić information content (AvgIpc) is 1.35. The fourth-order valence-electron chi connectivity index (χ4n) is 0.123. The highest BCUT2D eigenvalue weighted by molar-refractivity contribution is 5.75. The number of rotatable bonds is 1. The molecule has 10 heavy (non-hydrogen) atoms. The maximum Gasteiger partial charge on any atom is 0.505 e. The van der Waals surface area contributed by atoms with Crippen molar-refractivity contribution in [1.82, 2.24) is 0 Å². The summed E-state index contributed by atoms with van der Waals surface area (Å²) in [5, 5.41) is 7.69. The third kappa shape index (κ3) is 59.2. The van der Waals surface area contributed by atoms with Crippen molar-refractivity contribution in [2.24, 2.45) is 0 Å². The van der Waals surface area contributed by atoms with Crippen molar-refractivity contribution in [1.29, 1.82) is 0 Å². The molecule has 0 amide bonds. The molecule has 7 heteroatoms. The van der Waals surface area contributed by atoms with E-state index in [4.69, 9.17) is 5.11 Å². The molecule has 0 aromatic rings. The van der Waals surface area contributed by atoms with Gasteiger partial charge in [-0.2, -0.15) is 0 Å². The van der Waals surface area contributed by atoms with Crippen LogP contribution < -0.4 is 0 Å². The van der Waals surface area contributed by atoms with Crippen LogP contribution >= 0.6 is 0 Å². The molecule has 1 N–H and O–H groups in total. The van der Waals surface area contributed by atoms with Crippen molar-refractivity contribution in [2.75, 3.05) is 6.61 Å². The van der Waals surface area contributed by atoms with Gasteiger partial charge < -0.3 is 9.84 Å². The van der Waals surface area contributed by atoms with E-state index in [1.54, 1.807) is 6.92 Å². The van der Waals surface area contributed by atoms with Crippen LogP contribution in [0.25, 0.3) is 0 Å².